The van der Waals surface area contributed by atoms with Gasteiger partial charge in [0.1, 0.15) is 6.61 Å². The zero-order valence-corrected chi connectivity index (χ0v) is 14.1. The monoisotopic (exact) mass is 345 g/mol. The second-order valence-corrected chi connectivity index (χ2v) is 6.96. The highest BCUT2D eigenvalue weighted by Crippen LogP contribution is 2.34. The van der Waals surface area contributed by atoms with Gasteiger partial charge in [0.05, 0.1) is 6.54 Å². The smallest absolute Gasteiger partial charge is 0.272 e. The van der Waals surface area contributed by atoms with Crippen LogP contribution in [0.2, 0.25) is 5.02 Å². The Morgan fingerprint density at radius 2 is 2.25 bits per heavy atom. The molecule has 0 radical (unpaired) electrons. The van der Waals surface area contributed by atoms with Crippen molar-refractivity contribution in [2.45, 2.75) is 44.2 Å². The van der Waals surface area contributed by atoms with Crippen molar-refractivity contribution >= 4 is 17.5 Å². The van der Waals surface area contributed by atoms with Crippen molar-refractivity contribution in [1.29, 1.82) is 0 Å². The van der Waals surface area contributed by atoms with Crippen LogP contribution in [-0.4, -0.2) is 28.3 Å². The van der Waals surface area contributed by atoms with Gasteiger partial charge in [0.2, 0.25) is 5.88 Å². The van der Waals surface area contributed by atoms with Gasteiger partial charge in [-0.15, -0.1) is 0 Å². The number of rotatable bonds is 3. The quantitative estimate of drug-likeness (QED) is 0.927. The Balaban J connectivity index is 1.41. The Hall–Kier alpha value is -2.01. The van der Waals surface area contributed by atoms with Crippen LogP contribution in [0.5, 0.6) is 5.88 Å². The van der Waals surface area contributed by atoms with Gasteiger partial charge in [-0.25, -0.2) is 4.68 Å². The second-order valence-electron chi connectivity index (χ2n) is 6.53. The second kappa shape index (κ2) is 6.48. The summed E-state index contributed by atoms with van der Waals surface area (Å²) in [5, 5.41) is 8.21. The predicted molar refractivity (Wildman–Crippen MR) is 91.6 cm³/mol. The lowest BCUT2D eigenvalue weighted by Gasteiger charge is -2.30. The molecule has 2 aliphatic rings. The minimum absolute atomic E-state index is 0.114. The lowest BCUT2D eigenvalue weighted by atomic mass is 9.81. The van der Waals surface area contributed by atoms with E-state index in [1.807, 2.05) is 18.2 Å². The lowest BCUT2D eigenvalue weighted by molar-refractivity contribution is 0.0919. The van der Waals surface area contributed by atoms with Crippen LogP contribution < -0.4 is 10.1 Å². The molecule has 2 atom stereocenters. The van der Waals surface area contributed by atoms with Crippen LogP contribution in [0.25, 0.3) is 0 Å². The maximum atomic E-state index is 12.5. The van der Waals surface area contributed by atoms with E-state index < -0.39 is 0 Å². The van der Waals surface area contributed by atoms with Gasteiger partial charge in [-0.2, -0.15) is 5.10 Å². The van der Waals surface area contributed by atoms with Crippen LogP contribution in [0.4, 0.5) is 0 Å². The third kappa shape index (κ3) is 3.13. The van der Waals surface area contributed by atoms with Crippen LogP contribution >= 0.6 is 11.6 Å². The summed E-state index contributed by atoms with van der Waals surface area (Å²) in [6.45, 7) is 1.34. The van der Waals surface area contributed by atoms with Crippen molar-refractivity contribution in [2.75, 3.05) is 6.61 Å². The number of nitrogens with zero attached hydrogens (tertiary/aromatic N) is 2. The Kier molecular flexibility index (Phi) is 4.19. The molecule has 0 bridgehead atoms. The Morgan fingerprint density at radius 1 is 1.33 bits per heavy atom. The van der Waals surface area contributed by atoms with Gasteiger partial charge in [0.15, 0.2) is 5.69 Å². The first-order valence-electron chi connectivity index (χ1n) is 8.46. The molecule has 1 aliphatic carbocycles. The zero-order valence-electron chi connectivity index (χ0n) is 13.4. The number of benzene rings is 1. The molecule has 0 saturated heterocycles. The number of nitrogens with one attached hydrogen (secondary N) is 1. The minimum atomic E-state index is -0.114. The summed E-state index contributed by atoms with van der Waals surface area (Å²) < 4.78 is 7.15. The third-order valence-electron chi connectivity index (χ3n) is 4.86. The number of amides is 1. The molecule has 1 fully saturated rings. The number of hydrogen-bond acceptors (Lipinski definition) is 3. The largest absolute Gasteiger partial charge is 0.476 e. The summed E-state index contributed by atoms with van der Waals surface area (Å²) in [7, 11) is 0. The first kappa shape index (κ1) is 15.5. The minimum Gasteiger partial charge on any atom is -0.476 e. The van der Waals surface area contributed by atoms with Crippen LogP contribution in [0.1, 0.15) is 47.7 Å². The summed E-state index contributed by atoms with van der Waals surface area (Å²) >= 11 is 6.11. The maximum Gasteiger partial charge on any atom is 0.272 e. The molecule has 24 heavy (non-hydrogen) atoms. The van der Waals surface area contributed by atoms with Crippen molar-refractivity contribution in [3.8, 4) is 5.88 Å². The molecule has 126 valence electrons. The summed E-state index contributed by atoms with van der Waals surface area (Å²) in [6.07, 6.45) is 4.19. The van der Waals surface area contributed by atoms with Crippen molar-refractivity contribution in [3.63, 3.8) is 0 Å². The summed E-state index contributed by atoms with van der Waals surface area (Å²) in [5.41, 5.74) is 1.70. The molecule has 1 N–H and O–H groups in total. The molecule has 2 heterocycles. The average Bonchev–Trinajstić information content (AvgIpc) is 3.17. The molecule has 0 spiro atoms. The number of halogens is 1. The molecular formula is C18H20ClN3O2. The first-order valence-corrected chi connectivity index (χ1v) is 8.84. The van der Waals surface area contributed by atoms with Gasteiger partial charge < -0.3 is 10.1 Å². The van der Waals surface area contributed by atoms with Crippen LogP contribution in [-0.2, 0) is 6.54 Å². The van der Waals surface area contributed by atoms with E-state index in [0.29, 0.717) is 30.6 Å². The zero-order chi connectivity index (χ0) is 16.5. The molecule has 1 aliphatic heterocycles. The van der Waals surface area contributed by atoms with E-state index in [-0.39, 0.29) is 11.9 Å². The van der Waals surface area contributed by atoms with E-state index in [1.165, 1.54) is 5.56 Å². The molecule has 4 rings (SSSR count). The van der Waals surface area contributed by atoms with Gasteiger partial charge in [-0.05, 0) is 42.9 Å². The molecule has 6 heteroatoms. The standard InChI is InChI=1S/C18H20ClN3O2/c19-14-5-1-3-12(9-14)13-4-2-6-15(10-13)20-18(23)16-11-17-22(21-16)7-8-24-17/h1,3,5,9,11,13,15H,2,4,6-8,10H2,(H,20,23)/t13-,15+/m1/s1. The lowest BCUT2D eigenvalue weighted by Crippen LogP contribution is -2.38. The van der Waals surface area contributed by atoms with E-state index in [4.69, 9.17) is 16.3 Å². The van der Waals surface area contributed by atoms with E-state index in [0.717, 1.165) is 30.7 Å². The Bertz CT molecular complexity index is 737. The Morgan fingerprint density at radius 3 is 3.08 bits per heavy atom. The molecule has 1 saturated carbocycles. The number of ether oxygens (including phenoxy) is 1. The number of hydrogen-bond donors (Lipinski definition) is 1. The van der Waals surface area contributed by atoms with Gasteiger partial charge in [0.25, 0.3) is 5.91 Å². The number of carbonyl (C=O) groups excluding carboxylic acids is 1. The van der Waals surface area contributed by atoms with E-state index in [9.17, 15) is 4.79 Å². The van der Waals surface area contributed by atoms with Crippen molar-refractivity contribution in [3.05, 3.63) is 46.6 Å². The number of fused-ring (bicyclic) bond motifs is 1. The fourth-order valence-corrected chi connectivity index (χ4v) is 3.87. The predicted octanol–water partition coefficient (Wildman–Crippen LogP) is 3.39. The first-order chi connectivity index (χ1) is 11.7. The highest BCUT2D eigenvalue weighted by molar-refractivity contribution is 6.30. The SMILES string of the molecule is O=C(N[C@H]1CCC[C@@H](c2cccc(Cl)c2)C1)c1cc2n(n1)CCO2. The third-order valence-corrected chi connectivity index (χ3v) is 5.09. The maximum absolute atomic E-state index is 12.5. The van der Waals surface area contributed by atoms with E-state index >= 15 is 0 Å². The van der Waals surface area contributed by atoms with E-state index in [1.54, 1.807) is 10.7 Å². The van der Waals surface area contributed by atoms with Crippen molar-refractivity contribution in [2.24, 2.45) is 0 Å². The molecule has 1 aromatic heterocycles. The molecule has 1 aromatic carbocycles. The van der Waals surface area contributed by atoms with Gasteiger partial charge >= 0.3 is 0 Å². The van der Waals surface area contributed by atoms with Crippen LogP contribution in [0.3, 0.4) is 0 Å². The topological polar surface area (TPSA) is 56.2 Å². The van der Waals surface area contributed by atoms with Crippen LogP contribution in [0, 0.1) is 0 Å². The van der Waals surface area contributed by atoms with Gasteiger partial charge in [0, 0.05) is 17.1 Å². The average molecular weight is 346 g/mol. The fraction of sp³-hybridized carbons (Fsp3) is 0.444. The molecule has 0 unspecified atom stereocenters. The van der Waals surface area contributed by atoms with Crippen LogP contribution in [0.15, 0.2) is 30.3 Å². The summed E-state index contributed by atoms with van der Waals surface area (Å²) in [6, 6.07) is 9.94. The molecule has 2 aromatic rings. The summed E-state index contributed by atoms with van der Waals surface area (Å²) in [4.78, 5) is 12.5. The highest BCUT2D eigenvalue weighted by Gasteiger charge is 2.26. The number of carbonyl (C=O) groups is 1. The van der Waals surface area contributed by atoms with Crippen molar-refractivity contribution < 1.29 is 9.53 Å². The number of aromatic nitrogens is 2. The van der Waals surface area contributed by atoms with Crippen molar-refractivity contribution in [1.82, 2.24) is 15.1 Å². The van der Waals surface area contributed by atoms with E-state index in [2.05, 4.69) is 16.5 Å². The molecular weight excluding hydrogens is 326 g/mol. The molecule has 1 amide bonds. The fourth-order valence-electron chi connectivity index (χ4n) is 3.67. The summed E-state index contributed by atoms with van der Waals surface area (Å²) in [5.74, 6) is 1.01. The normalized spacial score (nSPS) is 22.7. The van der Waals surface area contributed by atoms with Gasteiger partial charge in [-0.3, -0.25) is 4.79 Å². The highest BCUT2D eigenvalue weighted by atomic mass is 35.5. The van der Waals surface area contributed by atoms with Gasteiger partial charge in [-0.1, -0.05) is 30.2 Å². The molecule has 5 nitrogen and oxygen atoms in total. The Labute approximate surface area is 145 Å².